The van der Waals surface area contributed by atoms with Gasteiger partial charge in [-0.2, -0.15) is 8.78 Å². The van der Waals surface area contributed by atoms with Gasteiger partial charge in [0, 0.05) is 44.3 Å². The van der Waals surface area contributed by atoms with Crippen LogP contribution in [0.2, 0.25) is 5.15 Å². The minimum absolute atomic E-state index is 0.0179. The van der Waals surface area contributed by atoms with Crippen LogP contribution >= 0.6 is 11.6 Å². The molecule has 1 fully saturated rings. The Labute approximate surface area is 214 Å². The molecule has 1 saturated heterocycles. The number of halogens is 4. The van der Waals surface area contributed by atoms with Gasteiger partial charge in [0.25, 0.3) is 5.92 Å². The smallest absolute Gasteiger partial charge is 0.298 e. The Morgan fingerprint density at radius 1 is 1.14 bits per heavy atom. The standard InChI is InChI=1S/C23H26ClF3N6O.C2H6/c1-14(2)32-6-8-33(9-7-32)18-10-16-21(29-13-30-22(16)31-20(18)24)28-11-15-4-3-5-17(19(15)25)23(26,27)12-34;1-2/h3-5,10,13-14,34H,6-9,11-12H2,1-2H3,(H,28,29,30,31);1-2H3. The molecule has 0 bridgehead atoms. The van der Waals surface area contributed by atoms with E-state index in [1.165, 1.54) is 18.5 Å². The van der Waals surface area contributed by atoms with E-state index in [1.54, 1.807) is 0 Å². The zero-order valence-corrected chi connectivity index (χ0v) is 21.7. The van der Waals surface area contributed by atoms with E-state index in [9.17, 15) is 13.2 Å². The monoisotopic (exact) mass is 524 g/mol. The highest BCUT2D eigenvalue weighted by Gasteiger charge is 2.34. The topological polar surface area (TPSA) is 77.4 Å². The number of alkyl halides is 2. The van der Waals surface area contributed by atoms with Crippen LogP contribution in [0.15, 0.2) is 30.6 Å². The second kappa shape index (κ2) is 12.0. The predicted molar refractivity (Wildman–Crippen MR) is 137 cm³/mol. The molecule has 196 valence electrons. The third-order valence-electron chi connectivity index (χ3n) is 6.06. The maximum absolute atomic E-state index is 14.7. The lowest BCUT2D eigenvalue weighted by atomic mass is 10.0. The number of nitrogens with one attached hydrogen (secondary N) is 1. The number of benzene rings is 1. The van der Waals surface area contributed by atoms with Crippen molar-refractivity contribution in [3.05, 3.63) is 52.7 Å². The number of aromatic nitrogens is 3. The summed E-state index contributed by atoms with van der Waals surface area (Å²) in [5.74, 6) is -4.36. The third kappa shape index (κ3) is 5.99. The molecule has 1 aromatic carbocycles. The van der Waals surface area contributed by atoms with E-state index in [0.29, 0.717) is 28.0 Å². The van der Waals surface area contributed by atoms with E-state index in [-0.39, 0.29) is 12.1 Å². The van der Waals surface area contributed by atoms with Crippen molar-refractivity contribution in [2.75, 3.05) is 43.0 Å². The number of rotatable bonds is 7. The van der Waals surface area contributed by atoms with Crippen molar-refractivity contribution in [3.8, 4) is 0 Å². The fourth-order valence-electron chi connectivity index (χ4n) is 4.06. The van der Waals surface area contributed by atoms with E-state index in [0.717, 1.165) is 37.9 Å². The summed E-state index contributed by atoms with van der Waals surface area (Å²) in [6.07, 6.45) is 1.31. The Morgan fingerprint density at radius 2 is 1.83 bits per heavy atom. The van der Waals surface area contributed by atoms with Crippen LogP contribution in [0, 0.1) is 5.82 Å². The average molecular weight is 525 g/mol. The van der Waals surface area contributed by atoms with E-state index < -0.39 is 23.9 Å². The van der Waals surface area contributed by atoms with Crippen molar-refractivity contribution < 1.29 is 18.3 Å². The molecular weight excluding hydrogens is 493 g/mol. The number of nitrogens with zero attached hydrogens (tertiary/aromatic N) is 5. The number of pyridine rings is 1. The fraction of sp³-hybridized carbons (Fsp3) is 0.480. The summed E-state index contributed by atoms with van der Waals surface area (Å²) in [6.45, 7) is 10.1. The molecular formula is C25H32ClF3N6O. The molecule has 0 unspecified atom stereocenters. The van der Waals surface area contributed by atoms with Gasteiger partial charge in [-0.15, -0.1) is 0 Å². The van der Waals surface area contributed by atoms with Crippen LogP contribution in [-0.2, 0) is 12.5 Å². The second-order valence-electron chi connectivity index (χ2n) is 8.50. The van der Waals surface area contributed by atoms with Crippen molar-refractivity contribution in [2.24, 2.45) is 0 Å². The van der Waals surface area contributed by atoms with Gasteiger partial charge in [0.1, 0.15) is 24.6 Å². The molecule has 2 aromatic heterocycles. The molecule has 0 spiro atoms. The summed E-state index contributed by atoms with van der Waals surface area (Å²) in [6, 6.07) is 6.01. The van der Waals surface area contributed by atoms with Gasteiger partial charge in [-0.25, -0.2) is 19.3 Å². The maximum atomic E-state index is 14.7. The Kier molecular flexibility index (Phi) is 9.32. The molecule has 1 aliphatic heterocycles. The Bertz CT molecular complexity index is 1170. The number of hydrogen-bond acceptors (Lipinski definition) is 7. The van der Waals surface area contributed by atoms with Crippen LogP contribution in [0.5, 0.6) is 0 Å². The lowest BCUT2D eigenvalue weighted by molar-refractivity contribution is -0.0583. The molecule has 0 radical (unpaired) electrons. The van der Waals surface area contributed by atoms with Gasteiger partial charge in [-0.3, -0.25) is 4.90 Å². The Hall–Kier alpha value is -2.69. The minimum atomic E-state index is -3.67. The molecule has 0 atom stereocenters. The summed E-state index contributed by atoms with van der Waals surface area (Å²) < 4.78 is 42.4. The molecule has 2 N–H and O–H groups in total. The minimum Gasteiger partial charge on any atom is -0.390 e. The molecule has 1 aliphatic rings. The number of hydrogen-bond donors (Lipinski definition) is 2. The number of anilines is 2. The van der Waals surface area contributed by atoms with Gasteiger partial charge in [-0.1, -0.05) is 37.6 Å². The number of piperazine rings is 1. The van der Waals surface area contributed by atoms with Gasteiger partial charge >= 0.3 is 0 Å². The van der Waals surface area contributed by atoms with Crippen molar-refractivity contribution in [3.63, 3.8) is 0 Å². The van der Waals surface area contributed by atoms with Crippen molar-refractivity contribution in [1.29, 1.82) is 0 Å². The quantitative estimate of drug-likeness (QED) is 0.418. The largest absolute Gasteiger partial charge is 0.390 e. The molecule has 0 saturated carbocycles. The van der Waals surface area contributed by atoms with Gasteiger partial charge in [0.2, 0.25) is 0 Å². The van der Waals surface area contributed by atoms with E-state index in [2.05, 4.69) is 43.9 Å². The summed E-state index contributed by atoms with van der Waals surface area (Å²) in [5.41, 5.74) is 0.293. The molecule has 11 heteroatoms. The first-order valence-corrected chi connectivity index (χ1v) is 12.4. The highest BCUT2D eigenvalue weighted by atomic mass is 35.5. The fourth-order valence-corrected chi connectivity index (χ4v) is 4.31. The first-order valence-electron chi connectivity index (χ1n) is 12.0. The number of aliphatic hydroxyl groups is 1. The molecule has 4 rings (SSSR count). The summed E-state index contributed by atoms with van der Waals surface area (Å²) in [4.78, 5) is 17.4. The Balaban J connectivity index is 0.00000176. The molecule has 0 aliphatic carbocycles. The average Bonchev–Trinajstić information content (AvgIpc) is 2.88. The normalized spacial score (nSPS) is 14.7. The third-order valence-corrected chi connectivity index (χ3v) is 6.34. The van der Waals surface area contributed by atoms with Gasteiger partial charge in [-0.05, 0) is 26.0 Å². The van der Waals surface area contributed by atoms with E-state index in [1.807, 2.05) is 19.9 Å². The van der Waals surface area contributed by atoms with Gasteiger partial charge in [0.05, 0.1) is 16.6 Å². The molecule has 0 amide bonds. The molecule has 3 aromatic rings. The van der Waals surface area contributed by atoms with Crippen molar-refractivity contribution in [2.45, 2.75) is 46.2 Å². The van der Waals surface area contributed by atoms with Crippen LogP contribution in [0.1, 0.15) is 38.8 Å². The van der Waals surface area contributed by atoms with E-state index >= 15 is 0 Å². The van der Waals surface area contributed by atoms with Gasteiger partial charge in [0.15, 0.2) is 10.8 Å². The van der Waals surface area contributed by atoms with Crippen molar-refractivity contribution >= 4 is 34.1 Å². The van der Waals surface area contributed by atoms with Crippen LogP contribution in [-0.4, -0.2) is 63.8 Å². The van der Waals surface area contributed by atoms with Crippen molar-refractivity contribution in [1.82, 2.24) is 19.9 Å². The molecule has 3 heterocycles. The Morgan fingerprint density at radius 3 is 2.47 bits per heavy atom. The molecule has 36 heavy (non-hydrogen) atoms. The lowest BCUT2D eigenvalue weighted by Crippen LogP contribution is -2.49. The summed E-state index contributed by atoms with van der Waals surface area (Å²) in [5, 5.41) is 12.8. The molecule has 7 nitrogen and oxygen atoms in total. The second-order valence-corrected chi connectivity index (χ2v) is 8.86. The number of aliphatic hydroxyl groups excluding tert-OH is 1. The number of fused-ring (bicyclic) bond motifs is 1. The summed E-state index contributed by atoms with van der Waals surface area (Å²) in [7, 11) is 0. The summed E-state index contributed by atoms with van der Waals surface area (Å²) >= 11 is 6.47. The lowest BCUT2D eigenvalue weighted by Gasteiger charge is -2.38. The first kappa shape index (κ1) is 27.9. The first-order chi connectivity index (χ1) is 17.2. The zero-order valence-electron chi connectivity index (χ0n) is 20.9. The van der Waals surface area contributed by atoms with Crippen LogP contribution < -0.4 is 10.2 Å². The predicted octanol–water partition coefficient (Wildman–Crippen LogP) is 5.07. The maximum Gasteiger partial charge on any atom is 0.298 e. The highest BCUT2D eigenvalue weighted by Crippen LogP contribution is 2.33. The van der Waals surface area contributed by atoms with Crippen LogP contribution in [0.3, 0.4) is 0 Å². The van der Waals surface area contributed by atoms with Gasteiger partial charge < -0.3 is 15.3 Å². The van der Waals surface area contributed by atoms with E-state index in [4.69, 9.17) is 16.7 Å². The SMILES string of the molecule is CC.CC(C)N1CCN(c2cc3c(NCc4cccc(C(F)(F)CO)c4F)ncnc3nc2Cl)CC1. The van der Waals surface area contributed by atoms with Crippen LogP contribution in [0.4, 0.5) is 24.7 Å². The van der Waals surface area contributed by atoms with Crippen LogP contribution in [0.25, 0.3) is 11.0 Å². The highest BCUT2D eigenvalue weighted by molar-refractivity contribution is 6.32. The zero-order chi connectivity index (χ0) is 26.5.